The maximum Gasteiger partial charge on any atom is 0.234 e. The normalized spacial score (nSPS) is 14.0. The summed E-state index contributed by atoms with van der Waals surface area (Å²) in [7, 11) is 0. The highest BCUT2D eigenvalue weighted by Gasteiger charge is 2.28. The third kappa shape index (κ3) is 4.79. The maximum atomic E-state index is 14.1. The number of nitrogens with one attached hydrogen (secondary N) is 1. The van der Waals surface area contributed by atoms with E-state index >= 15 is 0 Å². The smallest absolute Gasteiger partial charge is 0.234 e. The van der Waals surface area contributed by atoms with Crippen molar-refractivity contribution in [2.24, 2.45) is 5.73 Å². The van der Waals surface area contributed by atoms with E-state index in [1.165, 1.54) is 6.07 Å². The third-order valence-corrected chi connectivity index (χ3v) is 3.62. The first-order valence-electron chi connectivity index (χ1n) is 7.55. The number of likely N-dealkylation sites (N-methyl/N-ethyl adjacent to an activating group) is 2. The lowest BCUT2D eigenvalue weighted by Gasteiger charge is -2.34. The van der Waals surface area contributed by atoms with Crippen molar-refractivity contribution in [2.75, 3.05) is 19.6 Å². The van der Waals surface area contributed by atoms with Gasteiger partial charge in [0.2, 0.25) is 5.91 Å². The van der Waals surface area contributed by atoms with Crippen molar-refractivity contribution in [1.29, 1.82) is 0 Å². The zero-order valence-corrected chi connectivity index (χ0v) is 13.1. The molecule has 1 aromatic rings. The summed E-state index contributed by atoms with van der Waals surface area (Å²) in [5.41, 5.74) is 6.76. The van der Waals surface area contributed by atoms with E-state index in [0.717, 1.165) is 0 Å². The Morgan fingerprint density at radius 3 is 2.52 bits per heavy atom. The van der Waals surface area contributed by atoms with E-state index in [9.17, 15) is 9.18 Å². The zero-order chi connectivity index (χ0) is 15.8. The molecular weight excluding hydrogens is 269 g/mol. The molecule has 1 amide bonds. The molecule has 1 rings (SSSR count). The minimum atomic E-state index is -0.302. The molecule has 0 heterocycles. The number of nitrogens with two attached hydrogens (primary N) is 1. The molecule has 0 aromatic heterocycles. The van der Waals surface area contributed by atoms with Crippen LogP contribution in [0.5, 0.6) is 0 Å². The maximum absolute atomic E-state index is 14.1. The summed E-state index contributed by atoms with van der Waals surface area (Å²) in [5, 5.41) is 2.77. The molecule has 0 bridgehead atoms. The number of rotatable bonds is 8. The van der Waals surface area contributed by atoms with Crippen LogP contribution in [0.3, 0.4) is 0 Å². The first-order chi connectivity index (χ1) is 10.0. The second kappa shape index (κ2) is 8.74. The van der Waals surface area contributed by atoms with Crippen LogP contribution in [0.15, 0.2) is 24.3 Å². The Bertz CT molecular complexity index is 453. The number of halogens is 1. The average molecular weight is 295 g/mol. The molecule has 0 radical (unpaired) electrons. The van der Waals surface area contributed by atoms with Gasteiger partial charge < -0.3 is 11.1 Å². The molecule has 4 nitrogen and oxygen atoms in total. The number of hydrogen-bond acceptors (Lipinski definition) is 3. The van der Waals surface area contributed by atoms with Crippen molar-refractivity contribution in [3.05, 3.63) is 35.6 Å². The molecule has 0 saturated heterocycles. The van der Waals surface area contributed by atoms with Gasteiger partial charge in [0, 0.05) is 18.2 Å². The van der Waals surface area contributed by atoms with E-state index in [4.69, 9.17) is 5.73 Å². The first-order valence-corrected chi connectivity index (χ1v) is 7.55. The molecule has 0 spiro atoms. The van der Waals surface area contributed by atoms with Crippen molar-refractivity contribution < 1.29 is 9.18 Å². The molecule has 0 aliphatic heterocycles. The highest BCUT2D eigenvalue weighted by atomic mass is 19.1. The Balaban J connectivity index is 3.05. The van der Waals surface area contributed by atoms with Crippen LogP contribution < -0.4 is 11.1 Å². The molecule has 21 heavy (non-hydrogen) atoms. The molecule has 2 atom stereocenters. The number of nitrogens with zero attached hydrogens (tertiary/aromatic N) is 1. The van der Waals surface area contributed by atoms with Crippen LogP contribution in [0.4, 0.5) is 4.39 Å². The average Bonchev–Trinajstić information content (AvgIpc) is 2.48. The Morgan fingerprint density at radius 1 is 1.33 bits per heavy atom. The lowest BCUT2D eigenvalue weighted by atomic mass is 9.95. The summed E-state index contributed by atoms with van der Waals surface area (Å²) in [6.45, 7) is 7.23. The molecule has 2 unspecified atom stereocenters. The van der Waals surface area contributed by atoms with Gasteiger partial charge in [-0.3, -0.25) is 9.69 Å². The van der Waals surface area contributed by atoms with Gasteiger partial charge in [-0.2, -0.15) is 0 Å². The van der Waals surface area contributed by atoms with E-state index in [2.05, 4.69) is 5.32 Å². The van der Waals surface area contributed by atoms with Gasteiger partial charge >= 0.3 is 0 Å². The van der Waals surface area contributed by atoms with Crippen LogP contribution in [-0.2, 0) is 4.79 Å². The monoisotopic (exact) mass is 295 g/mol. The lowest BCUT2D eigenvalue weighted by molar-refractivity contribution is -0.122. The van der Waals surface area contributed by atoms with Crippen LogP contribution in [0.25, 0.3) is 0 Å². The molecule has 0 saturated carbocycles. The van der Waals surface area contributed by atoms with Gasteiger partial charge in [-0.15, -0.1) is 0 Å². The fourth-order valence-corrected chi connectivity index (χ4v) is 2.48. The van der Waals surface area contributed by atoms with E-state index < -0.39 is 0 Å². The molecular formula is C16H26FN3O. The number of amides is 1. The molecule has 1 aromatic carbocycles. The molecule has 0 aliphatic rings. The molecule has 0 aliphatic carbocycles. The lowest BCUT2D eigenvalue weighted by Crippen LogP contribution is -2.45. The second-order valence-corrected chi connectivity index (χ2v) is 5.06. The van der Waals surface area contributed by atoms with Gasteiger partial charge in [-0.25, -0.2) is 4.39 Å². The van der Waals surface area contributed by atoms with Gasteiger partial charge in [0.25, 0.3) is 0 Å². The van der Waals surface area contributed by atoms with Crippen LogP contribution in [-0.4, -0.2) is 36.5 Å². The SMILES string of the molecule is CCNC(=O)CN(CC)C(c1ccccc1F)C(N)CC. The molecule has 5 heteroatoms. The molecule has 118 valence electrons. The summed E-state index contributed by atoms with van der Waals surface area (Å²) in [4.78, 5) is 13.8. The summed E-state index contributed by atoms with van der Waals surface area (Å²) in [6.07, 6.45) is 0.713. The van der Waals surface area contributed by atoms with Gasteiger partial charge in [-0.05, 0) is 26.0 Å². The van der Waals surface area contributed by atoms with Crippen molar-refractivity contribution in [2.45, 2.75) is 39.3 Å². The number of carbonyl (C=O) groups excluding carboxylic acids is 1. The topological polar surface area (TPSA) is 58.4 Å². The van der Waals surface area contributed by atoms with Crippen molar-refractivity contribution in [3.63, 3.8) is 0 Å². The standard InChI is InChI=1S/C16H26FN3O/c1-4-14(18)16(12-9-7-8-10-13(12)17)20(6-3)11-15(21)19-5-2/h7-10,14,16H,4-6,11,18H2,1-3H3,(H,19,21). The Labute approximate surface area is 126 Å². The Kier molecular flexibility index (Phi) is 7.32. The zero-order valence-electron chi connectivity index (χ0n) is 13.1. The first kappa shape index (κ1) is 17.6. The minimum absolute atomic E-state index is 0.0657. The van der Waals surface area contributed by atoms with Crippen LogP contribution in [0.1, 0.15) is 38.8 Å². The quantitative estimate of drug-likeness (QED) is 0.772. The Hall–Kier alpha value is -1.46. The van der Waals surface area contributed by atoms with Crippen molar-refractivity contribution in [1.82, 2.24) is 10.2 Å². The predicted octanol–water partition coefficient (Wildman–Crippen LogP) is 2.06. The fraction of sp³-hybridized carbons (Fsp3) is 0.562. The number of hydrogen-bond donors (Lipinski definition) is 2. The second-order valence-electron chi connectivity index (χ2n) is 5.06. The summed E-state index contributed by atoms with van der Waals surface area (Å²) in [5.74, 6) is -0.343. The van der Waals surface area contributed by atoms with Gasteiger partial charge in [0.15, 0.2) is 0 Å². The van der Waals surface area contributed by atoms with Gasteiger partial charge in [-0.1, -0.05) is 32.0 Å². The van der Waals surface area contributed by atoms with Crippen LogP contribution in [0.2, 0.25) is 0 Å². The van der Waals surface area contributed by atoms with Crippen LogP contribution in [0, 0.1) is 5.82 Å². The summed E-state index contributed by atoms with van der Waals surface area (Å²) >= 11 is 0. The van der Waals surface area contributed by atoms with Crippen LogP contribution >= 0.6 is 0 Å². The predicted molar refractivity (Wildman–Crippen MR) is 83.3 cm³/mol. The van der Waals surface area contributed by atoms with E-state index in [1.54, 1.807) is 18.2 Å². The Morgan fingerprint density at radius 2 is 2.00 bits per heavy atom. The largest absolute Gasteiger partial charge is 0.355 e. The van der Waals surface area contributed by atoms with Crippen molar-refractivity contribution in [3.8, 4) is 0 Å². The van der Waals surface area contributed by atoms with Crippen molar-refractivity contribution >= 4 is 5.91 Å². The van der Waals surface area contributed by atoms with E-state index in [-0.39, 0.29) is 30.4 Å². The highest BCUT2D eigenvalue weighted by molar-refractivity contribution is 5.78. The van der Waals surface area contributed by atoms with E-state index in [0.29, 0.717) is 25.1 Å². The summed E-state index contributed by atoms with van der Waals surface area (Å²) in [6, 6.07) is 6.11. The molecule has 0 fully saturated rings. The van der Waals surface area contributed by atoms with Gasteiger partial charge in [0.1, 0.15) is 5.82 Å². The fourth-order valence-electron chi connectivity index (χ4n) is 2.48. The van der Waals surface area contributed by atoms with Gasteiger partial charge in [0.05, 0.1) is 12.6 Å². The molecule has 3 N–H and O–H groups in total. The van der Waals surface area contributed by atoms with E-state index in [1.807, 2.05) is 25.7 Å². The number of carbonyl (C=O) groups is 1. The highest BCUT2D eigenvalue weighted by Crippen LogP contribution is 2.27. The minimum Gasteiger partial charge on any atom is -0.355 e. The third-order valence-electron chi connectivity index (χ3n) is 3.62. The summed E-state index contributed by atoms with van der Waals surface area (Å²) < 4.78 is 14.1. The number of benzene rings is 1.